The highest BCUT2D eigenvalue weighted by molar-refractivity contribution is 6.31. The zero-order valence-corrected chi connectivity index (χ0v) is 17.6. The van der Waals surface area contributed by atoms with Gasteiger partial charge in [-0.05, 0) is 45.2 Å². The molecular formula is C21H27ClN4O2. The lowest BCUT2D eigenvalue weighted by Gasteiger charge is -2.31. The van der Waals surface area contributed by atoms with E-state index in [0.29, 0.717) is 29.1 Å². The maximum Gasteiger partial charge on any atom is 0.255 e. The molecule has 3 rings (SSSR count). The Morgan fingerprint density at radius 3 is 2.43 bits per heavy atom. The molecular weight excluding hydrogens is 376 g/mol. The summed E-state index contributed by atoms with van der Waals surface area (Å²) in [5.41, 5.74) is 1.95. The number of benzene rings is 1. The number of carbonyl (C=O) groups excluding carboxylic acids is 2. The second kappa shape index (κ2) is 7.95. The molecule has 1 aromatic heterocycles. The molecule has 0 spiro atoms. The number of carbonyl (C=O) groups is 2. The van der Waals surface area contributed by atoms with Crippen LogP contribution in [0.2, 0.25) is 5.02 Å². The standard InChI is InChI=1S/C21H27ClN4O2/c1-13(16-9-5-6-10-17(16)22)23-20(28)21(11-7-8-12-21)24-19(27)18-14(2)25-26(4)15(18)3/h5-6,9-10,13H,7-8,11-12H2,1-4H3,(H,23,28)(H,24,27). The third-order valence-corrected chi connectivity index (χ3v) is 6.04. The highest BCUT2D eigenvalue weighted by atomic mass is 35.5. The van der Waals surface area contributed by atoms with Crippen molar-refractivity contribution in [1.82, 2.24) is 20.4 Å². The zero-order chi connectivity index (χ0) is 20.5. The van der Waals surface area contributed by atoms with Crippen LogP contribution in [0, 0.1) is 13.8 Å². The highest BCUT2D eigenvalue weighted by Crippen LogP contribution is 2.32. The van der Waals surface area contributed by atoms with Crippen LogP contribution in [0.25, 0.3) is 0 Å². The Morgan fingerprint density at radius 2 is 1.86 bits per heavy atom. The van der Waals surface area contributed by atoms with Gasteiger partial charge in [-0.3, -0.25) is 14.3 Å². The van der Waals surface area contributed by atoms with E-state index in [0.717, 1.165) is 24.1 Å². The molecule has 1 aliphatic carbocycles. The fraction of sp³-hybridized carbons (Fsp3) is 0.476. The summed E-state index contributed by atoms with van der Waals surface area (Å²) >= 11 is 6.27. The van der Waals surface area contributed by atoms with Crippen molar-refractivity contribution < 1.29 is 9.59 Å². The van der Waals surface area contributed by atoms with E-state index in [1.807, 2.05) is 46.0 Å². The van der Waals surface area contributed by atoms with Crippen LogP contribution in [0.15, 0.2) is 24.3 Å². The zero-order valence-electron chi connectivity index (χ0n) is 16.8. The molecule has 2 N–H and O–H groups in total. The van der Waals surface area contributed by atoms with Crippen molar-refractivity contribution in [2.24, 2.45) is 7.05 Å². The van der Waals surface area contributed by atoms with E-state index in [4.69, 9.17) is 11.6 Å². The monoisotopic (exact) mass is 402 g/mol. The number of amides is 2. The predicted molar refractivity (Wildman–Crippen MR) is 109 cm³/mol. The van der Waals surface area contributed by atoms with E-state index in [1.54, 1.807) is 10.7 Å². The molecule has 1 fully saturated rings. The van der Waals surface area contributed by atoms with E-state index in [9.17, 15) is 9.59 Å². The second-order valence-electron chi connectivity index (χ2n) is 7.63. The summed E-state index contributed by atoms with van der Waals surface area (Å²) < 4.78 is 1.69. The topological polar surface area (TPSA) is 76.0 Å². The molecule has 0 radical (unpaired) electrons. The number of hydrogen-bond acceptors (Lipinski definition) is 3. The Bertz CT molecular complexity index is 900. The van der Waals surface area contributed by atoms with Crippen molar-refractivity contribution in [2.45, 2.75) is 58.0 Å². The van der Waals surface area contributed by atoms with Gasteiger partial charge >= 0.3 is 0 Å². The van der Waals surface area contributed by atoms with Crippen LogP contribution >= 0.6 is 11.6 Å². The van der Waals surface area contributed by atoms with Gasteiger partial charge in [-0.1, -0.05) is 42.6 Å². The Balaban J connectivity index is 1.81. The quantitative estimate of drug-likeness (QED) is 0.802. The van der Waals surface area contributed by atoms with Crippen LogP contribution < -0.4 is 10.6 Å². The molecule has 0 bridgehead atoms. The van der Waals surface area contributed by atoms with Gasteiger partial charge in [-0.25, -0.2) is 0 Å². The first-order chi connectivity index (χ1) is 13.2. The third-order valence-electron chi connectivity index (χ3n) is 5.70. The van der Waals surface area contributed by atoms with Crippen molar-refractivity contribution in [2.75, 3.05) is 0 Å². The average Bonchev–Trinajstić information content (AvgIpc) is 3.20. The largest absolute Gasteiger partial charge is 0.347 e. The van der Waals surface area contributed by atoms with Crippen LogP contribution in [0.4, 0.5) is 0 Å². The Labute approximate surface area is 170 Å². The molecule has 1 atom stereocenters. The Morgan fingerprint density at radius 1 is 1.21 bits per heavy atom. The van der Waals surface area contributed by atoms with Gasteiger partial charge in [-0.2, -0.15) is 5.10 Å². The summed E-state index contributed by atoms with van der Waals surface area (Å²) in [5.74, 6) is -0.407. The average molecular weight is 403 g/mol. The summed E-state index contributed by atoms with van der Waals surface area (Å²) in [7, 11) is 1.81. The molecule has 0 saturated heterocycles. The second-order valence-corrected chi connectivity index (χ2v) is 8.04. The van der Waals surface area contributed by atoms with Crippen molar-refractivity contribution >= 4 is 23.4 Å². The SMILES string of the molecule is Cc1nn(C)c(C)c1C(=O)NC1(C(=O)NC(C)c2ccccc2Cl)CCCC1. The lowest BCUT2D eigenvalue weighted by atomic mass is 9.94. The number of aryl methyl sites for hydroxylation is 2. The minimum atomic E-state index is -0.901. The van der Waals surface area contributed by atoms with E-state index >= 15 is 0 Å². The maximum atomic E-state index is 13.2. The lowest BCUT2D eigenvalue weighted by molar-refractivity contribution is -0.127. The van der Waals surface area contributed by atoms with E-state index in [1.165, 1.54) is 0 Å². The number of halogens is 1. The van der Waals surface area contributed by atoms with Crippen LogP contribution in [0.3, 0.4) is 0 Å². The number of nitrogens with zero attached hydrogens (tertiary/aromatic N) is 2. The van der Waals surface area contributed by atoms with E-state index in [-0.39, 0.29) is 17.9 Å². The first-order valence-corrected chi connectivity index (χ1v) is 10.0. The molecule has 1 heterocycles. The van der Waals surface area contributed by atoms with Gasteiger partial charge < -0.3 is 10.6 Å². The molecule has 1 aromatic carbocycles. The third kappa shape index (κ3) is 3.78. The maximum absolute atomic E-state index is 13.2. The molecule has 6 nitrogen and oxygen atoms in total. The van der Waals surface area contributed by atoms with Crippen LogP contribution in [0.5, 0.6) is 0 Å². The molecule has 2 amide bonds. The summed E-state index contributed by atoms with van der Waals surface area (Å²) in [4.78, 5) is 26.2. The van der Waals surface area contributed by atoms with Gasteiger partial charge in [0.05, 0.1) is 17.3 Å². The van der Waals surface area contributed by atoms with E-state index < -0.39 is 5.54 Å². The fourth-order valence-electron chi connectivity index (χ4n) is 4.01. The lowest BCUT2D eigenvalue weighted by Crippen LogP contribution is -2.57. The number of nitrogens with one attached hydrogen (secondary N) is 2. The number of hydrogen-bond donors (Lipinski definition) is 2. The fourth-order valence-corrected chi connectivity index (χ4v) is 4.31. The normalized spacial score (nSPS) is 16.6. The minimum absolute atomic E-state index is 0.162. The van der Waals surface area contributed by atoms with Crippen LogP contribution in [0.1, 0.15) is 66.0 Å². The van der Waals surface area contributed by atoms with Crippen molar-refractivity contribution in [3.8, 4) is 0 Å². The van der Waals surface area contributed by atoms with Crippen LogP contribution in [-0.4, -0.2) is 27.1 Å². The van der Waals surface area contributed by atoms with Crippen molar-refractivity contribution in [3.63, 3.8) is 0 Å². The number of rotatable bonds is 5. The van der Waals surface area contributed by atoms with Gasteiger partial charge in [-0.15, -0.1) is 0 Å². The molecule has 7 heteroatoms. The minimum Gasteiger partial charge on any atom is -0.347 e. The summed E-state index contributed by atoms with van der Waals surface area (Å²) in [6, 6.07) is 7.20. The Hall–Kier alpha value is -2.34. The van der Waals surface area contributed by atoms with Crippen molar-refractivity contribution in [3.05, 3.63) is 51.8 Å². The van der Waals surface area contributed by atoms with Crippen LogP contribution in [-0.2, 0) is 11.8 Å². The van der Waals surface area contributed by atoms with Gasteiger partial charge in [0.15, 0.2) is 0 Å². The first-order valence-electron chi connectivity index (χ1n) is 9.63. The molecule has 150 valence electrons. The van der Waals surface area contributed by atoms with Gasteiger partial charge in [0.25, 0.3) is 5.91 Å². The molecule has 1 aliphatic rings. The van der Waals surface area contributed by atoms with Gasteiger partial charge in [0, 0.05) is 17.8 Å². The molecule has 0 aliphatic heterocycles. The molecule has 28 heavy (non-hydrogen) atoms. The highest BCUT2D eigenvalue weighted by Gasteiger charge is 2.43. The predicted octanol–water partition coefficient (Wildman–Crippen LogP) is 3.61. The Kier molecular flexibility index (Phi) is 5.79. The summed E-state index contributed by atoms with van der Waals surface area (Å²) in [6.07, 6.45) is 3.05. The van der Waals surface area contributed by atoms with Crippen molar-refractivity contribution in [1.29, 1.82) is 0 Å². The number of aromatic nitrogens is 2. The van der Waals surface area contributed by atoms with E-state index in [2.05, 4.69) is 15.7 Å². The smallest absolute Gasteiger partial charge is 0.255 e. The summed E-state index contributed by atoms with van der Waals surface area (Å²) in [6.45, 7) is 5.57. The first kappa shape index (κ1) is 20.4. The molecule has 2 aromatic rings. The summed E-state index contributed by atoms with van der Waals surface area (Å²) in [5, 5.41) is 11.0. The molecule has 1 unspecified atom stereocenters. The van der Waals surface area contributed by atoms with Gasteiger partial charge in [0.1, 0.15) is 5.54 Å². The van der Waals surface area contributed by atoms with Gasteiger partial charge in [0.2, 0.25) is 5.91 Å². The molecule has 1 saturated carbocycles.